The molecule has 0 radical (unpaired) electrons. The lowest BCUT2D eigenvalue weighted by molar-refractivity contribution is 0.0994. The fourth-order valence-corrected chi connectivity index (χ4v) is 2.44. The molecule has 3 nitrogen and oxygen atoms in total. The summed E-state index contributed by atoms with van der Waals surface area (Å²) in [5.41, 5.74) is 0.798. The van der Waals surface area contributed by atoms with Crippen LogP contribution in [-0.2, 0) is 6.42 Å². The van der Waals surface area contributed by atoms with Gasteiger partial charge in [0.2, 0.25) is 0 Å². The monoisotopic (exact) mass is 282 g/mol. The van der Waals surface area contributed by atoms with Crippen molar-refractivity contribution in [2.45, 2.75) is 26.2 Å². The van der Waals surface area contributed by atoms with Crippen LogP contribution in [0.4, 0.5) is 8.78 Å². The van der Waals surface area contributed by atoms with Crippen LogP contribution in [0, 0.1) is 11.6 Å². The third-order valence-electron chi connectivity index (χ3n) is 2.68. The third kappa shape index (κ3) is 3.01. The second-order valence-corrected chi connectivity index (χ2v) is 5.23. The Labute approximate surface area is 113 Å². The quantitative estimate of drug-likeness (QED) is 0.807. The van der Waals surface area contributed by atoms with Gasteiger partial charge in [-0.25, -0.2) is 8.78 Å². The fourth-order valence-electron chi connectivity index (χ4n) is 1.69. The van der Waals surface area contributed by atoms with Gasteiger partial charge in [0.25, 0.3) is 0 Å². The molecule has 1 aromatic carbocycles. The minimum atomic E-state index is -0.711. The zero-order valence-corrected chi connectivity index (χ0v) is 11.3. The highest BCUT2D eigenvalue weighted by molar-refractivity contribution is 7.08. The average Bonchev–Trinajstić information content (AvgIpc) is 2.82. The van der Waals surface area contributed by atoms with Gasteiger partial charge in [0.05, 0.1) is 5.69 Å². The third-order valence-corrected chi connectivity index (χ3v) is 3.46. The van der Waals surface area contributed by atoms with Crippen LogP contribution in [-0.4, -0.2) is 15.4 Å². The molecule has 0 spiro atoms. The molecule has 0 atom stereocenters. The number of hydrogen-bond acceptors (Lipinski definition) is 4. The lowest BCUT2D eigenvalue weighted by Crippen LogP contribution is -2.07. The van der Waals surface area contributed by atoms with Crippen molar-refractivity contribution in [3.63, 3.8) is 0 Å². The molecule has 0 N–H and O–H groups in total. The van der Waals surface area contributed by atoms with Gasteiger partial charge >= 0.3 is 0 Å². The zero-order valence-electron chi connectivity index (χ0n) is 10.5. The molecule has 2 rings (SSSR count). The molecule has 2 aromatic rings. The lowest BCUT2D eigenvalue weighted by atomic mass is 10.0. The van der Waals surface area contributed by atoms with Crippen molar-refractivity contribution in [3.05, 3.63) is 46.0 Å². The fraction of sp³-hybridized carbons (Fsp3) is 0.308. The Balaban J connectivity index is 2.23. The molecule has 0 aliphatic heterocycles. The van der Waals surface area contributed by atoms with Crippen LogP contribution in [0.3, 0.4) is 0 Å². The minimum absolute atomic E-state index is 0.0794. The van der Waals surface area contributed by atoms with Gasteiger partial charge in [0.15, 0.2) is 5.78 Å². The molecule has 19 heavy (non-hydrogen) atoms. The number of aromatic nitrogens is 2. The van der Waals surface area contributed by atoms with Gasteiger partial charge in [-0.15, -0.1) is 5.10 Å². The van der Waals surface area contributed by atoms with Gasteiger partial charge in [-0.1, -0.05) is 24.4 Å². The Kier molecular flexibility index (Phi) is 3.99. The zero-order chi connectivity index (χ0) is 14.0. The van der Waals surface area contributed by atoms with E-state index in [0.29, 0.717) is 10.6 Å². The van der Waals surface area contributed by atoms with Crippen LogP contribution in [0.15, 0.2) is 18.2 Å². The molecule has 1 aromatic heterocycles. The summed E-state index contributed by atoms with van der Waals surface area (Å²) in [4.78, 5) is 12.6. The van der Waals surface area contributed by atoms with E-state index < -0.39 is 11.6 Å². The van der Waals surface area contributed by atoms with Gasteiger partial charge in [-0.3, -0.25) is 4.79 Å². The molecule has 0 saturated heterocycles. The molecule has 0 aliphatic rings. The Hall–Kier alpha value is -1.69. The van der Waals surface area contributed by atoms with E-state index in [2.05, 4.69) is 9.59 Å². The summed E-state index contributed by atoms with van der Waals surface area (Å²) in [6, 6.07) is 3.20. The van der Waals surface area contributed by atoms with Gasteiger partial charge in [0, 0.05) is 12.5 Å². The molecule has 0 bridgehead atoms. The molecule has 0 amide bonds. The first-order chi connectivity index (χ1) is 8.99. The first-order valence-electron chi connectivity index (χ1n) is 5.78. The summed E-state index contributed by atoms with van der Waals surface area (Å²) in [6.45, 7) is 3.82. The minimum Gasteiger partial charge on any atom is -0.293 e. The number of carbonyl (C=O) groups excluding carboxylic acids is 1. The van der Waals surface area contributed by atoms with Crippen LogP contribution in [0.2, 0.25) is 0 Å². The van der Waals surface area contributed by atoms with Crippen LogP contribution < -0.4 is 0 Å². The predicted octanol–water partition coefficient (Wildman–Crippen LogP) is 3.37. The lowest BCUT2D eigenvalue weighted by Gasteiger charge is -2.04. The van der Waals surface area contributed by atoms with Crippen molar-refractivity contribution < 1.29 is 13.6 Å². The highest BCUT2D eigenvalue weighted by Gasteiger charge is 2.20. The van der Waals surface area contributed by atoms with E-state index in [1.54, 1.807) is 0 Å². The highest BCUT2D eigenvalue weighted by atomic mass is 32.1. The maximum atomic E-state index is 13.5. The standard InChI is InChI=1S/C13H12F2N2OS/c1-7(2)12-13(19-17-16-12)11(18)5-8-3-4-9(14)6-10(8)15/h3-4,6-7H,5H2,1-2H3. The van der Waals surface area contributed by atoms with Crippen LogP contribution >= 0.6 is 11.5 Å². The van der Waals surface area contributed by atoms with E-state index in [4.69, 9.17) is 0 Å². The van der Waals surface area contributed by atoms with Crippen molar-refractivity contribution in [1.29, 1.82) is 0 Å². The molecule has 0 fully saturated rings. The smallest absolute Gasteiger partial charge is 0.180 e. The largest absolute Gasteiger partial charge is 0.293 e. The topological polar surface area (TPSA) is 42.9 Å². The van der Waals surface area contributed by atoms with Crippen LogP contribution in [0.25, 0.3) is 0 Å². The van der Waals surface area contributed by atoms with E-state index in [0.717, 1.165) is 23.7 Å². The average molecular weight is 282 g/mol. The number of rotatable bonds is 4. The Morgan fingerprint density at radius 3 is 2.74 bits per heavy atom. The van der Waals surface area contributed by atoms with Crippen LogP contribution in [0.5, 0.6) is 0 Å². The van der Waals surface area contributed by atoms with E-state index in [1.807, 2.05) is 13.8 Å². The second kappa shape index (κ2) is 5.52. The molecule has 0 saturated carbocycles. The first-order valence-corrected chi connectivity index (χ1v) is 6.55. The van der Waals surface area contributed by atoms with Gasteiger partial charge in [-0.05, 0) is 29.1 Å². The number of ketones is 1. The van der Waals surface area contributed by atoms with E-state index in [-0.39, 0.29) is 23.7 Å². The molecule has 1 heterocycles. The Morgan fingerprint density at radius 2 is 2.11 bits per heavy atom. The number of benzene rings is 1. The number of carbonyl (C=O) groups is 1. The Morgan fingerprint density at radius 1 is 1.37 bits per heavy atom. The summed E-state index contributed by atoms with van der Waals surface area (Å²) < 4.78 is 30.0. The number of halogens is 2. The summed E-state index contributed by atoms with van der Waals surface area (Å²) in [5, 5.41) is 3.91. The summed E-state index contributed by atoms with van der Waals surface area (Å²) in [6.07, 6.45) is -0.115. The number of Topliss-reactive ketones (excluding diaryl/α,β-unsaturated/α-hetero) is 1. The van der Waals surface area contributed by atoms with Crippen molar-refractivity contribution in [2.24, 2.45) is 0 Å². The van der Waals surface area contributed by atoms with Gasteiger partial charge < -0.3 is 0 Å². The second-order valence-electron chi connectivity index (χ2n) is 4.48. The van der Waals surface area contributed by atoms with Crippen molar-refractivity contribution in [1.82, 2.24) is 9.59 Å². The van der Waals surface area contributed by atoms with Crippen LogP contribution in [0.1, 0.15) is 40.7 Å². The SMILES string of the molecule is CC(C)c1nnsc1C(=O)Cc1ccc(F)cc1F. The molecular weight excluding hydrogens is 270 g/mol. The molecule has 6 heteroatoms. The predicted molar refractivity (Wildman–Crippen MR) is 68.4 cm³/mol. The van der Waals surface area contributed by atoms with Gasteiger partial charge in [-0.2, -0.15) is 0 Å². The summed E-state index contributed by atoms with van der Waals surface area (Å²) in [7, 11) is 0. The maximum absolute atomic E-state index is 13.5. The molecular formula is C13H12F2N2OS. The molecule has 0 aliphatic carbocycles. The maximum Gasteiger partial charge on any atom is 0.180 e. The van der Waals surface area contributed by atoms with Crippen molar-refractivity contribution >= 4 is 17.3 Å². The summed E-state index contributed by atoms with van der Waals surface area (Å²) in [5.74, 6) is -1.53. The summed E-state index contributed by atoms with van der Waals surface area (Å²) >= 11 is 1.01. The van der Waals surface area contributed by atoms with Crippen molar-refractivity contribution in [2.75, 3.05) is 0 Å². The molecule has 100 valence electrons. The highest BCUT2D eigenvalue weighted by Crippen LogP contribution is 2.22. The first kappa shape index (κ1) is 13.7. The van der Waals surface area contributed by atoms with Crippen molar-refractivity contribution in [3.8, 4) is 0 Å². The van der Waals surface area contributed by atoms with Gasteiger partial charge in [0.1, 0.15) is 16.5 Å². The van der Waals surface area contributed by atoms with E-state index >= 15 is 0 Å². The van der Waals surface area contributed by atoms with E-state index in [9.17, 15) is 13.6 Å². The van der Waals surface area contributed by atoms with E-state index in [1.165, 1.54) is 6.07 Å². The Bertz CT molecular complexity index is 610. The molecule has 0 unspecified atom stereocenters. The normalized spacial score (nSPS) is 11.0. The number of nitrogens with zero attached hydrogens (tertiary/aromatic N) is 2. The number of hydrogen-bond donors (Lipinski definition) is 0.